The number of rotatable bonds is 3. The molecule has 5 heteroatoms. The van der Waals surface area contributed by atoms with Crippen molar-refractivity contribution in [2.45, 2.75) is 12.8 Å². The summed E-state index contributed by atoms with van der Waals surface area (Å²) in [5.41, 5.74) is 0. The fourth-order valence-corrected chi connectivity index (χ4v) is 1.65. The zero-order valence-corrected chi connectivity index (χ0v) is 7.98. The predicted octanol–water partition coefficient (Wildman–Crippen LogP) is 0.917. The van der Waals surface area contributed by atoms with Crippen LogP contribution >= 0.6 is 0 Å². The van der Waals surface area contributed by atoms with E-state index < -0.39 is 6.09 Å². The summed E-state index contributed by atoms with van der Waals surface area (Å²) in [7, 11) is 0. The Labute approximate surface area is 82.9 Å². The summed E-state index contributed by atoms with van der Waals surface area (Å²) in [6.45, 7) is 1.71. The van der Waals surface area contributed by atoms with Crippen molar-refractivity contribution in [3.05, 3.63) is 0 Å². The van der Waals surface area contributed by atoms with Gasteiger partial charge in [0, 0.05) is 19.0 Å². The van der Waals surface area contributed by atoms with Crippen LogP contribution in [0.1, 0.15) is 12.8 Å². The third-order valence-electron chi connectivity index (χ3n) is 2.31. The van der Waals surface area contributed by atoms with Gasteiger partial charge in [0.05, 0.1) is 12.7 Å². The van der Waals surface area contributed by atoms with E-state index in [0.717, 1.165) is 12.8 Å². The lowest BCUT2D eigenvalue weighted by Gasteiger charge is -2.30. The summed E-state index contributed by atoms with van der Waals surface area (Å²) in [4.78, 5) is 12.1. The van der Waals surface area contributed by atoms with Crippen LogP contribution in [0.4, 0.5) is 4.79 Å². The number of piperidine rings is 1. The summed E-state index contributed by atoms with van der Waals surface area (Å²) in [5, 5.41) is 17.0. The lowest BCUT2D eigenvalue weighted by Crippen LogP contribution is -2.40. The van der Waals surface area contributed by atoms with Crippen molar-refractivity contribution in [2.24, 2.45) is 5.92 Å². The minimum atomic E-state index is -0.866. The Morgan fingerprint density at radius 2 is 2.50 bits per heavy atom. The maximum Gasteiger partial charge on any atom is 0.407 e. The van der Waals surface area contributed by atoms with Crippen LogP contribution in [-0.2, 0) is 4.74 Å². The van der Waals surface area contributed by atoms with E-state index in [9.17, 15) is 4.79 Å². The molecule has 1 unspecified atom stereocenters. The van der Waals surface area contributed by atoms with Crippen LogP contribution in [0, 0.1) is 17.2 Å². The molecular formula is C9H14N2O3. The lowest BCUT2D eigenvalue weighted by atomic mass is 9.99. The van der Waals surface area contributed by atoms with Crippen LogP contribution in [0.3, 0.4) is 0 Å². The molecule has 1 heterocycles. The third kappa shape index (κ3) is 3.23. The summed E-state index contributed by atoms with van der Waals surface area (Å²) in [6, 6.07) is 1.89. The minimum absolute atomic E-state index is 0.0869. The highest BCUT2D eigenvalue weighted by Crippen LogP contribution is 2.16. The minimum Gasteiger partial charge on any atom is -0.465 e. The lowest BCUT2D eigenvalue weighted by molar-refractivity contribution is 0.0721. The van der Waals surface area contributed by atoms with Crippen LogP contribution in [0.25, 0.3) is 0 Å². The number of nitrogens with zero attached hydrogens (tertiary/aromatic N) is 2. The molecule has 1 amide bonds. The van der Waals surface area contributed by atoms with Gasteiger partial charge in [-0.15, -0.1) is 0 Å². The highest BCUT2D eigenvalue weighted by Gasteiger charge is 2.22. The molecule has 1 saturated heterocycles. The van der Waals surface area contributed by atoms with Gasteiger partial charge in [0.25, 0.3) is 0 Å². The van der Waals surface area contributed by atoms with E-state index in [0.29, 0.717) is 19.7 Å². The standard InChI is InChI=1S/C9H14N2O3/c10-3-5-14-7-8-2-1-4-11(6-8)9(12)13/h8H,1-2,4-7H2,(H,12,13). The Balaban J connectivity index is 2.26. The zero-order chi connectivity index (χ0) is 10.4. The molecular weight excluding hydrogens is 184 g/mol. The monoisotopic (exact) mass is 198 g/mol. The quantitative estimate of drug-likeness (QED) is 0.684. The maximum absolute atomic E-state index is 10.7. The Morgan fingerprint density at radius 3 is 3.14 bits per heavy atom. The molecule has 1 atom stereocenters. The molecule has 0 aliphatic carbocycles. The first kappa shape index (κ1) is 10.8. The van der Waals surface area contributed by atoms with Crippen LogP contribution in [0.15, 0.2) is 0 Å². The van der Waals surface area contributed by atoms with Crippen LogP contribution < -0.4 is 0 Å². The van der Waals surface area contributed by atoms with Crippen molar-refractivity contribution in [2.75, 3.05) is 26.3 Å². The zero-order valence-electron chi connectivity index (χ0n) is 7.98. The first-order valence-corrected chi connectivity index (χ1v) is 4.66. The van der Waals surface area contributed by atoms with Crippen molar-refractivity contribution in [1.82, 2.24) is 4.90 Å². The van der Waals surface area contributed by atoms with Gasteiger partial charge in [0.2, 0.25) is 0 Å². The normalized spacial score (nSPS) is 21.6. The van der Waals surface area contributed by atoms with E-state index in [1.807, 2.05) is 6.07 Å². The van der Waals surface area contributed by atoms with Crippen LogP contribution in [0.5, 0.6) is 0 Å². The first-order chi connectivity index (χ1) is 6.74. The third-order valence-corrected chi connectivity index (χ3v) is 2.31. The average Bonchev–Trinajstić information content (AvgIpc) is 2.19. The second-order valence-electron chi connectivity index (χ2n) is 3.41. The molecule has 78 valence electrons. The number of hydrogen-bond donors (Lipinski definition) is 1. The van der Waals surface area contributed by atoms with Crippen molar-refractivity contribution in [1.29, 1.82) is 5.26 Å². The molecule has 0 bridgehead atoms. The molecule has 1 aliphatic rings. The van der Waals surface area contributed by atoms with E-state index in [4.69, 9.17) is 15.1 Å². The van der Waals surface area contributed by atoms with Gasteiger partial charge in [0.15, 0.2) is 0 Å². The van der Waals surface area contributed by atoms with Gasteiger partial charge in [-0.25, -0.2) is 4.79 Å². The largest absolute Gasteiger partial charge is 0.465 e. The molecule has 0 aromatic rings. The molecule has 1 fully saturated rings. The van der Waals surface area contributed by atoms with Gasteiger partial charge >= 0.3 is 6.09 Å². The van der Waals surface area contributed by atoms with Crippen molar-refractivity contribution in [3.8, 4) is 6.07 Å². The van der Waals surface area contributed by atoms with E-state index in [1.165, 1.54) is 4.90 Å². The SMILES string of the molecule is N#CCOCC1CCCN(C(=O)O)C1. The first-order valence-electron chi connectivity index (χ1n) is 4.66. The fraction of sp³-hybridized carbons (Fsp3) is 0.778. The number of nitriles is 1. The molecule has 1 aliphatic heterocycles. The molecule has 0 saturated carbocycles. The highest BCUT2D eigenvalue weighted by molar-refractivity contribution is 5.65. The molecule has 14 heavy (non-hydrogen) atoms. The number of hydrogen-bond acceptors (Lipinski definition) is 3. The molecule has 1 N–H and O–H groups in total. The van der Waals surface area contributed by atoms with Crippen molar-refractivity contribution >= 4 is 6.09 Å². The molecule has 0 aromatic heterocycles. The average molecular weight is 198 g/mol. The van der Waals surface area contributed by atoms with E-state index >= 15 is 0 Å². The number of ether oxygens (including phenoxy) is 1. The second kappa shape index (κ2) is 5.45. The topological polar surface area (TPSA) is 73.6 Å². The Bertz CT molecular complexity index is 237. The summed E-state index contributed by atoms with van der Waals surface area (Å²) in [6.07, 6.45) is 0.997. The summed E-state index contributed by atoms with van der Waals surface area (Å²) in [5.74, 6) is 0.244. The molecule has 0 aromatic carbocycles. The molecule has 0 radical (unpaired) electrons. The van der Waals surface area contributed by atoms with Crippen molar-refractivity contribution in [3.63, 3.8) is 0 Å². The van der Waals surface area contributed by atoms with Crippen LogP contribution in [0.2, 0.25) is 0 Å². The van der Waals surface area contributed by atoms with Gasteiger partial charge in [-0.05, 0) is 12.8 Å². The molecule has 0 spiro atoms. The molecule has 1 rings (SSSR count). The van der Waals surface area contributed by atoms with Gasteiger partial charge in [-0.1, -0.05) is 0 Å². The van der Waals surface area contributed by atoms with Gasteiger partial charge in [-0.3, -0.25) is 0 Å². The Kier molecular flexibility index (Phi) is 4.20. The summed E-state index contributed by atoms with van der Waals surface area (Å²) >= 11 is 0. The Hall–Kier alpha value is -1.28. The van der Waals surface area contributed by atoms with Crippen LogP contribution in [-0.4, -0.2) is 42.4 Å². The number of carbonyl (C=O) groups is 1. The number of amides is 1. The number of carboxylic acid groups (broad SMARTS) is 1. The van der Waals surface area contributed by atoms with Gasteiger partial charge < -0.3 is 14.7 Å². The Morgan fingerprint density at radius 1 is 1.71 bits per heavy atom. The second-order valence-corrected chi connectivity index (χ2v) is 3.41. The maximum atomic E-state index is 10.7. The van der Waals surface area contributed by atoms with E-state index in [-0.39, 0.29) is 12.5 Å². The highest BCUT2D eigenvalue weighted by atomic mass is 16.5. The van der Waals surface area contributed by atoms with E-state index in [2.05, 4.69) is 0 Å². The van der Waals surface area contributed by atoms with Gasteiger partial charge in [-0.2, -0.15) is 5.26 Å². The smallest absolute Gasteiger partial charge is 0.407 e. The molecule has 5 nitrogen and oxygen atoms in total. The van der Waals surface area contributed by atoms with Gasteiger partial charge in [0.1, 0.15) is 6.61 Å². The predicted molar refractivity (Wildman–Crippen MR) is 48.8 cm³/mol. The van der Waals surface area contributed by atoms with E-state index in [1.54, 1.807) is 0 Å². The summed E-state index contributed by atoms with van der Waals surface area (Å²) < 4.78 is 5.07. The fourth-order valence-electron chi connectivity index (χ4n) is 1.65. The van der Waals surface area contributed by atoms with Crippen molar-refractivity contribution < 1.29 is 14.6 Å². The number of likely N-dealkylation sites (tertiary alicyclic amines) is 1.